The van der Waals surface area contributed by atoms with E-state index >= 15 is 0 Å². The van der Waals surface area contributed by atoms with E-state index in [1.165, 1.54) is 17.0 Å². The number of hydrogen-bond acceptors (Lipinski definition) is 5. The van der Waals surface area contributed by atoms with E-state index in [1.54, 1.807) is 0 Å². The molecule has 1 fully saturated rings. The van der Waals surface area contributed by atoms with Gasteiger partial charge >= 0.3 is 0 Å². The van der Waals surface area contributed by atoms with Gasteiger partial charge in [0.2, 0.25) is 0 Å². The molecular weight excluding hydrogens is 374 g/mol. The van der Waals surface area contributed by atoms with Crippen LogP contribution in [-0.2, 0) is 26.1 Å². The first-order valence-corrected chi connectivity index (χ1v) is 10.2. The number of benzene rings is 1. The summed E-state index contributed by atoms with van der Waals surface area (Å²) < 4.78 is 8.60. The minimum Gasteiger partial charge on any atom is -0.487 e. The lowest BCUT2D eigenvalue weighted by Gasteiger charge is -2.32. The van der Waals surface area contributed by atoms with Crippen LogP contribution in [0.25, 0.3) is 0 Å². The number of nitrogens with zero attached hydrogens (tertiary/aromatic N) is 4. The molecule has 0 radical (unpaired) electrons. The summed E-state index contributed by atoms with van der Waals surface area (Å²) >= 11 is 0. The van der Waals surface area contributed by atoms with Crippen molar-refractivity contribution in [3.05, 3.63) is 41.0 Å². The number of piperidine rings is 1. The summed E-state index contributed by atoms with van der Waals surface area (Å²) in [6, 6.07) is 6.62. The van der Waals surface area contributed by atoms with Crippen molar-refractivity contribution in [2.75, 3.05) is 19.6 Å². The van der Waals surface area contributed by atoms with E-state index in [0.717, 1.165) is 70.1 Å². The number of halogens is 1. The largest absolute Gasteiger partial charge is 0.487 e. The molecule has 0 unspecified atom stereocenters. The highest BCUT2D eigenvalue weighted by Crippen LogP contribution is 2.38. The van der Waals surface area contributed by atoms with Crippen LogP contribution in [0.1, 0.15) is 55.4 Å². The highest BCUT2D eigenvalue weighted by Gasteiger charge is 2.32. The predicted molar refractivity (Wildman–Crippen MR) is 111 cm³/mol. The highest BCUT2D eigenvalue weighted by molar-refractivity contribution is 5.85. The second-order valence-corrected chi connectivity index (χ2v) is 8.80. The average Bonchev–Trinajstić information content (AvgIpc) is 3.22. The molecule has 3 aliphatic heterocycles. The summed E-state index contributed by atoms with van der Waals surface area (Å²) in [5, 5.41) is 12.3. The van der Waals surface area contributed by atoms with Crippen molar-refractivity contribution in [1.29, 1.82) is 0 Å². The third-order valence-corrected chi connectivity index (χ3v) is 6.17. The Morgan fingerprint density at radius 2 is 2.00 bits per heavy atom. The number of nitrogens with one attached hydrogen (secondary N) is 1. The maximum absolute atomic E-state index is 6.26. The lowest BCUT2D eigenvalue weighted by atomic mass is 9.95. The first-order valence-electron chi connectivity index (χ1n) is 10.2. The molecule has 0 saturated carbocycles. The van der Waals surface area contributed by atoms with Gasteiger partial charge in [0.25, 0.3) is 0 Å². The molecular formula is C21H30ClN5O. The molecule has 1 N–H and O–H groups in total. The van der Waals surface area contributed by atoms with Gasteiger partial charge in [0.15, 0.2) is 0 Å². The van der Waals surface area contributed by atoms with Crippen LogP contribution in [0.5, 0.6) is 5.75 Å². The lowest BCUT2D eigenvalue weighted by Crippen LogP contribution is -2.35. The van der Waals surface area contributed by atoms with Crippen molar-refractivity contribution < 1.29 is 4.74 Å². The van der Waals surface area contributed by atoms with Crippen LogP contribution in [0.3, 0.4) is 0 Å². The number of fused-ring (bicyclic) bond motifs is 2. The summed E-state index contributed by atoms with van der Waals surface area (Å²) in [5.41, 5.74) is 2.62. The molecule has 1 saturated heterocycles. The van der Waals surface area contributed by atoms with Gasteiger partial charge in [-0.25, -0.2) is 0 Å². The molecule has 4 heterocycles. The molecule has 152 valence electrons. The zero-order chi connectivity index (χ0) is 18.4. The quantitative estimate of drug-likeness (QED) is 0.853. The fourth-order valence-corrected chi connectivity index (χ4v) is 4.81. The Hall–Kier alpha value is -1.63. The van der Waals surface area contributed by atoms with Crippen molar-refractivity contribution in [2.45, 2.75) is 64.3 Å². The van der Waals surface area contributed by atoms with Gasteiger partial charge < -0.3 is 14.6 Å². The first kappa shape index (κ1) is 19.7. The highest BCUT2D eigenvalue weighted by atomic mass is 35.5. The Labute approximate surface area is 173 Å². The van der Waals surface area contributed by atoms with Crippen LogP contribution in [0.4, 0.5) is 0 Å². The molecule has 0 spiro atoms. The Balaban J connectivity index is 0.00000192. The van der Waals surface area contributed by atoms with E-state index in [2.05, 4.69) is 57.0 Å². The van der Waals surface area contributed by atoms with Crippen LogP contribution < -0.4 is 10.1 Å². The zero-order valence-corrected chi connectivity index (χ0v) is 17.6. The Morgan fingerprint density at radius 1 is 1.18 bits per heavy atom. The van der Waals surface area contributed by atoms with Crippen LogP contribution in [0, 0.1) is 0 Å². The molecule has 0 aliphatic carbocycles. The van der Waals surface area contributed by atoms with Gasteiger partial charge in [-0.1, -0.05) is 18.2 Å². The zero-order valence-electron chi connectivity index (χ0n) is 16.8. The fourth-order valence-electron chi connectivity index (χ4n) is 4.81. The predicted octanol–water partition coefficient (Wildman–Crippen LogP) is 2.90. The van der Waals surface area contributed by atoms with Crippen molar-refractivity contribution in [3.8, 4) is 5.75 Å². The van der Waals surface area contributed by atoms with E-state index < -0.39 is 0 Å². The van der Waals surface area contributed by atoms with Crippen molar-refractivity contribution in [2.24, 2.45) is 0 Å². The molecule has 5 rings (SSSR count). The van der Waals surface area contributed by atoms with Gasteiger partial charge in [-0.3, -0.25) is 4.90 Å². The van der Waals surface area contributed by atoms with E-state index in [9.17, 15) is 0 Å². The topological polar surface area (TPSA) is 55.2 Å². The second kappa shape index (κ2) is 7.65. The number of para-hydroxylation sites is 1. The van der Waals surface area contributed by atoms with E-state index in [-0.39, 0.29) is 18.0 Å². The maximum atomic E-state index is 6.26. The molecule has 28 heavy (non-hydrogen) atoms. The SMILES string of the molecule is CC1(C)Cc2cccc(CN3CCC(c4nnc5n4CCNC5)CC3)c2O1.Cl. The minimum absolute atomic E-state index is 0. The van der Waals surface area contributed by atoms with Crippen molar-refractivity contribution >= 4 is 12.4 Å². The number of hydrogen-bond donors (Lipinski definition) is 1. The summed E-state index contributed by atoms with van der Waals surface area (Å²) in [4.78, 5) is 2.57. The normalized spacial score (nSPS) is 21.5. The van der Waals surface area contributed by atoms with Gasteiger partial charge in [0, 0.05) is 37.5 Å². The monoisotopic (exact) mass is 403 g/mol. The fraction of sp³-hybridized carbons (Fsp3) is 0.619. The summed E-state index contributed by atoms with van der Waals surface area (Å²) in [6.45, 7) is 10.4. The Kier molecular flexibility index (Phi) is 5.38. The standard InChI is InChI=1S/C21H29N5O.ClH/c1-21(2)12-16-4-3-5-17(19(16)27-21)14-25-9-6-15(7-10-25)20-24-23-18-13-22-8-11-26(18)20;/h3-5,15,22H,6-14H2,1-2H3;1H. The van der Waals surface area contributed by atoms with E-state index in [1.807, 2.05) is 0 Å². The van der Waals surface area contributed by atoms with Gasteiger partial charge in [-0.05, 0) is 45.3 Å². The van der Waals surface area contributed by atoms with Crippen molar-refractivity contribution in [3.63, 3.8) is 0 Å². The summed E-state index contributed by atoms with van der Waals surface area (Å²) in [5.74, 6) is 3.97. The number of aromatic nitrogens is 3. The maximum Gasteiger partial charge on any atom is 0.147 e. The second-order valence-electron chi connectivity index (χ2n) is 8.80. The first-order chi connectivity index (χ1) is 13.1. The van der Waals surface area contributed by atoms with Gasteiger partial charge in [0.05, 0.1) is 6.54 Å². The smallest absolute Gasteiger partial charge is 0.147 e. The summed E-state index contributed by atoms with van der Waals surface area (Å²) in [7, 11) is 0. The van der Waals surface area contributed by atoms with Gasteiger partial charge in [0.1, 0.15) is 23.0 Å². The van der Waals surface area contributed by atoms with Crippen LogP contribution in [-0.4, -0.2) is 44.9 Å². The molecule has 0 bridgehead atoms. The van der Waals surface area contributed by atoms with Crippen LogP contribution in [0.2, 0.25) is 0 Å². The number of likely N-dealkylation sites (tertiary alicyclic amines) is 1. The van der Waals surface area contributed by atoms with Crippen LogP contribution >= 0.6 is 12.4 Å². The van der Waals surface area contributed by atoms with Crippen molar-refractivity contribution in [1.82, 2.24) is 25.0 Å². The van der Waals surface area contributed by atoms with E-state index in [0.29, 0.717) is 5.92 Å². The third kappa shape index (κ3) is 3.65. The third-order valence-electron chi connectivity index (χ3n) is 6.17. The Morgan fingerprint density at radius 3 is 2.82 bits per heavy atom. The van der Waals surface area contributed by atoms with Crippen LogP contribution in [0.15, 0.2) is 18.2 Å². The molecule has 2 aromatic rings. The number of rotatable bonds is 3. The molecule has 0 atom stereocenters. The molecule has 0 amide bonds. The molecule has 7 heteroatoms. The Bertz CT molecular complexity index is 841. The molecule has 3 aliphatic rings. The van der Waals surface area contributed by atoms with Gasteiger partial charge in [-0.15, -0.1) is 22.6 Å². The number of ether oxygens (including phenoxy) is 1. The molecule has 1 aromatic heterocycles. The van der Waals surface area contributed by atoms with Gasteiger partial charge in [-0.2, -0.15) is 0 Å². The molecule has 6 nitrogen and oxygen atoms in total. The minimum atomic E-state index is -0.0763. The lowest BCUT2D eigenvalue weighted by molar-refractivity contribution is 0.133. The van der Waals surface area contributed by atoms with E-state index in [4.69, 9.17) is 4.74 Å². The average molecular weight is 404 g/mol. The summed E-state index contributed by atoms with van der Waals surface area (Å²) in [6.07, 6.45) is 3.32. The molecule has 1 aromatic carbocycles.